The van der Waals surface area contributed by atoms with Crippen molar-refractivity contribution in [3.63, 3.8) is 0 Å². The molecule has 3 nitrogen and oxygen atoms in total. The zero-order valence-corrected chi connectivity index (χ0v) is 10.0. The fourth-order valence-corrected chi connectivity index (χ4v) is 2.96. The predicted molar refractivity (Wildman–Crippen MR) is 62.1 cm³/mol. The van der Waals surface area contributed by atoms with E-state index in [9.17, 15) is 0 Å². The molecule has 88 valence electrons. The smallest absolute Gasteiger partial charge is 0.0601 e. The zero-order valence-electron chi connectivity index (χ0n) is 10.0. The van der Waals surface area contributed by atoms with E-state index in [4.69, 9.17) is 4.74 Å². The lowest BCUT2D eigenvalue weighted by Crippen LogP contribution is -2.56. The lowest BCUT2D eigenvalue weighted by Gasteiger charge is -2.47. The monoisotopic (exact) mass is 212 g/mol. The Morgan fingerprint density at radius 3 is 2.80 bits per heavy atom. The van der Waals surface area contributed by atoms with Crippen molar-refractivity contribution < 1.29 is 4.74 Å². The topological polar surface area (TPSA) is 24.5 Å². The Kier molecular flexibility index (Phi) is 4.00. The molecule has 0 bridgehead atoms. The van der Waals surface area contributed by atoms with Crippen molar-refractivity contribution in [3.8, 4) is 0 Å². The molecule has 1 N–H and O–H groups in total. The van der Waals surface area contributed by atoms with Crippen LogP contribution in [0.15, 0.2) is 0 Å². The van der Waals surface area contributed by atoms with Crippen LogP contribution in [0.4, 0.5) is 0 Å². The molecule has 1 saturated carbocycles. The van der Waals surface area contributed by atoms with Gasteiger partial charge >= 0.3 is 0 Å². The average molecular weight is 212 g/mol. The summed E-state index contributed by atoms with van der Waals surface area (Å²) in [6.07, 6.45) is 7.19. The molecule has 0 aromatic carbocycles. The molecule has 2 rings (SSSR count). The van der Waals surface area contributed by atoms with E-state index in [2.05, 4.69) is 17.3 Å². The van der Waals surface area contributed by atoms with Crippen LogP contribution in [0.25, 0.3) is 0 Å². The predicted octanol–water partition coefficient (Wildman–Crippen LogP) is 1.24. The van der Waals surface area contributed by atoms with E-state index in [0.717, 1.165) is 18.6 Å². The molecule has 1 saturated heterocycles. The van der Waals surface area contributed by atoms with Gasteiger partial charge in [0.2, 0.25) is 0 Å². The Balaban J connectivity index is 1.83. The molecular formula is C12H24N2O. The van der Waals surface area contributed by atoms with E-state index >= 15 is 0 Å². The third-order valence-corrected chi connectivity index (χ3v) is 3.98. The van der Waals surface area contributed by atoms with Crippen LogP contribution in [0.1, 0.15) is 32.1 Å². The number of hydrogen-bond donors (Lipinski definition) is 1. The fraction of sp³-hybridized carbons (Fsp3) is 1.00. The van der Waals surface area contributed by atoms with Crippen LogP contribution in [0.3, 0.4) is 0 Å². The van der Waals surface area contributed by atoms with Gasteiger partial charge in [0, 0.05) is 25.7 Å². The molecule has 1 heterocycles. The number of piperidine rings is 1. The standard InChI is InChI=1S/C12H24N2O/c1-13-9-10-5-3-4-6-14(10)11-7-12(8-11)15-2/h10-13H,3-9H2,1-2H3. The van der Waals surface area contributed by atoms with Crippen LogP contribution in [0.2, 0.25) is 0 Å². The van der Waals surface area contributed by atoms with E-state index in [1.807, 2.05) is 7.11 Å². The van der Waals surface area contributed by atoms with Crippen molar-refractivity contribution in [3.05, 3.63) is 0 Å². The summed E-state index contributed by atoms with van der Waals surface area (Å²) in [5, 5.41) is 3.32. The lowest BCUT2D eigenvalue weighted by molar-refractivity contribution is -0.0487. The highest BCUT2D eigenvalue weighted by Crippen LogP contribution is 2.32. The van der Waals surface area contributed by atoms with Crippen molar-refractivity contribution in [2.45, 2.75) is 50.3 Å². The first-order valence-corrected chi connectivity index (χ1v) is 6.28. The first-order chi connectivity index (χ1) is 7.35. The number of hydrogen-bond acceptors (Lipinski definition) is 3. The summed E-state index contributed by atoms with van der Waals surface area (Å²) in [7, 11) is 3.90. The van der Waals surface area contributed by atoms with Crippen molar-refractivity contribution in [2.75, 3.05) is 27.2 Å². The SMILES string of the molecule is CNCC1CCCCN1C1CC(OC)C1. The number of nitrogens with zero attached hydrogens (tertiary/aromatic N) is 1. The quantitative estimate of drug-likeness (QED) is 0.759. The van der Waals surface area contributed by atoms with Gasteiger partial charge in [-0.05, 0) is 39.3 Å². The molecule has 0 aromatic heterocycles. The van der Waals surface area contributed by atoms with Crippen LogP contribution in [0.5, 0.6) is 0 Å². The summed E-state index contributed by atoms with van der Waals surface area (Å²) < 4.78 is 5.36. The second-order valence-electron chi connectivity index (χ2n) is 4.93. The van der Waals surface area contributed by atoms with Gasteiger partial charge in [0.25, 0.3) is 0 Å². The summed E-state index contributed by atoms with van der Waals surface area (Å²) in [6.45, 7) is 2.45. The van der Waals surface area contributed by atoms with E-state index in [0.29, 0.717) is 6.10 Å². The van der Waals surface area contributed by atoms with Gasteiger partial charge in [-0.15, -0.1) is 0 Å². The number of rotatable bonds is 4. The maximum Gasteiger partial charge on any atom is 0.0601 e. The third kappa shape index (κ3) is 2.52. The number of ether oxygens (including phenoxy) is 1. The Hall–Kier alpha value is -0.120. The van der Waals surface area contributed by atoms with Gasteiger partial charge < -0.3 is 10.1 Å². The molecule has 0 aromatic rings. The first kappa shape index (κ1) is 11.4. The minimum atomic E-state index is 0.534. The van der Waals surface area contributed by atoms with Crippen LogP contribution in [0, 0.1) is 0 Å². The number of methoxy groups -OCH3 is 1. The largest absolute Gasteiger partial charge is 0.381 e. The summed E-state index contributed by atoms with van der Waals surface area (Å²) >= 11 is 0. The first-order valence-electron chi connectivity index (χ1n) is 6.28. The number of nitrogens with one attached hydrogen (secondary N) is 1. The highest BCUT2D eigenvalue weighted by molar-refractivity contribution is 4.92. The summed E-state index contributed by atoms with van der Waals surface area (Å²) in [6, 6.07) is 1.57. The molecule has 1 aliphatic carbocycles. The number of likely N-dealkylation sites (N-methyl/N-ethyl adjacent to an activating group) is 1. The van der Waals surface area contributed by atoms with Gasteiger partial charge in [0.15, 0.2) is 0 Å². The fourth-order valence-electron chi connectivity index (χ4n) is 2.96. The zero-order chi connectivity index (χ0) is 10.7. The van der Waals surface area contributed by atoms with Crippen molar-refractivity contribution in [1.29, 1.82) is 0 Å². The van der Waals surface area contributed by atoms with Crippen molar-refractivity contribution >= 4 is 0 Å². The molecule has 2 fully saturated rings. The summed E-state index contributed by atoms with van der Waals surface area (Å²) in [5.74, 6) is 0. The molecule has 0 radical (unpaired) electrons. The van der Waals surface area contributed by atoms with Crippen LogP contribution in [-0.2, 0) is 4.74 Å². The molecule has 1 aliphatic heterocycles. The molecule has 0 spiro atoms. The van der Waals surface area contributed by atoms with Crippen LogP contribution < -0.4 is 5.32 Å². The van der Waals surface area contributed by atoms with Crippen molar-refractivity contribution in [1.82, 2.24) is 10.2 Å². The van der Waals surface area contributed by atoms with Crippen LogP contribution >= 0.6 is 0 Å². The maximum atomic E-state index is 5.36. The molecular weight excluding hydrogens is 188 g/mol. The molecule has 0 amide bonds. The number of likely N-dealkylation sites (tertiary alicyclic amines) is 1. The van der Waals surface area contributed by atoms with Gasteiger partial charge in [-0.1, -0.05) is 6.42 Å². The summed E-state index contributed by atoms with van der Waals surface area (Å²) in [5.41, 5.74) is 0. The van der Waals surface area contributed by atoms with E-state index in [1.54, 1.807) is 0 Å². The van der Waals surface area contributed by atoms with Gasteiger partial charge in [-0.3, -0.25) is 4.90 Å². The Labute approximate surface area is 93.2 Å². The van der Waals surface area contributed by atoms with Gasteiger partial charge in [0.1, 0.15) is 0 Å². The van der Waals surface area contributed by atoms with Gasteiger partial charge in [0.05, 0.1) is 6.10 Å². The van der Waals surface area contributed by atoms with E-state index < -0.39 is 0 Å². The Bertz CT molecular complexity index is 190. The van der Waals surface area contributed by atoms with E-state index in [1.165, 1.54) is 38.6 Å². The average Bonchev–Trinajstić information content (AvgIpc) is 2.19. The highest BCUT2D eigenvalue weighted by atomic mass is 16.5. The summed E-state index contributed by atoms with van der Waals surface area (Å²) in [4.78, 5) is 2.72. The second kappa shape index (κ2) is 5.28. The van der Waals surface area contributed by atoms with Gasteiger partial charge in [-0.2, -0.15) is 0 Å². The molecule has 1 unspecified atom stereocenters. The maximum absolute atomic E-state index is 5.36. The van der Waals surface area contributed by atoms with Gasteiger partial charge in [-0.25, -0.2) is 0 Å². The minimum absolute atomic E-state index is 0.534. The minimum Gasteiger partial charge on any atom is -0.381 e. The Morgan fingerprint density at radius 1 is 1.33 bits per heavy atom. The molecule has 2 aliphatic rings. The third-order valence-electron chi connectivity index (χ3n) is 3.98. The van der Waals surface area contributed by atoms with Crippen molar-refractivity contribution in [2.24, 2.45) is 0 Å². The normalized spacial score (nSPS) is 37.6. The lowest BCUT2D eigenvalue weighted by atomic mass is 9.85. The van der Waals surface area contributed by atoms with E-state index in [-0.39, 0.29) is 0 Å². The highest BCUT2D eigenvalue weighted by Gasteiger charge is 2.37. The second-order valence-corrected chi connectivity index (χ2v) is 4.93. The van der Waals surface area contributed by atoms with Crippen LogP contribution in [-0.4, -0.2) is 50.3 Å². The molecule has 15 heavy (non-hydrogen) atoms. The molecule has 3 heteroatoms. The molecule has 1 atom stereocenters. The Morgan fingerprint density at radius 2 is 2.13 bits per heavy atom.